The standard InChI is InChI=1S/C14H19NO2/c1-10(9-16)8-15-6-5-13-7-12(11(2)17)3-4-14(13)15/h3-4,7,10,16H,5-6,8-9H2,1-2H3. The molecule has 0 fully saturated rings. The summed E-state index contributed by atoms with van der Waals surface area (Å²) in [6.07, 6.45) is 0.995. The maximum Gasteiger partial charge on any atom is 0.159 e. The first-order valence-electron chi connectivity index (χ1n) is 6.11. The number of aliphatic hydroxyl groups is 1. The molecule has 1 aromatic rings. The van der Waals surface area contributed by atoms with E-state index in [-0.39, 0.29) is 18.3 Å². The first-order valence-corrected chi connectivity index (χ1v) is 6.11. The summed E-state index contributed by atoms with van der Waals surface area (Å²) < 4.78 is 0. The Morgan fingerprint density at radius 2 is 2.29 bits per heavy atom. The summed E-state index contributed by atoms with van der Waals surface area (Å²) >= 11 is 0. The van der Waals surface area contributed by atoms with E-state index in [9.17, 15) is 4.79 Å². The molecule has 0 aliphatic carbocycles. The molecule has 3 heteroatoms. The van der Waals surface area contributed by atoms with Crippen LogP contribution in [-0.2, 0) is 6.42 Å². The minimum Gasteiger partial charge on any atom is -0.396 e. The molecule has 0 spiro atoms. The van der Waals surface area contributed by atoms with Gasteiger partial charge >= 0.3 is 0 Å². The van der Waals surface area contributed by atoms with Crippen LogP contribution in [0.3, 0.4) is 0 Å². The third-order valence-electron chi connectivity index (χ3n) is 3.32. The monoisotopic (exact) mass is 233 g/mol. The second-order valence-corrected chi connectivity index (χ2v) is 4.88. The van der Waals surface area contributed by atoms with Gasteiger partial charge in [-0.15, -0.1) is 0 Å². The summed E-state index contributed by atoms with van der Waals surface area (Å²) in [5.74, 6) is 0.406. The molecule has 1 heterocycles. The van der Waals surface area contributed by atoms with Crippen LogP contribution in [0.25, 0.3) is 0 Å². The van der Waals surface area contributed by atoms with Gasteiger partial charge in [0.1, 0.15) is 0 Å². The molecule has 17 heavy (non-hydrogen) atoms. The smallest absolute Gasteiger partial charge is 0.159 e. The number of Topliss-reactive ketones (excluding diaryl/α,β-unsaturated/α-hetero) is 1. The van der Waals surface area contributed by atoms with Crippen molar-refractivity contribution in [2.24, 2.45) is 5.92 Å². The summed E-state index contributed by atoms with van der Waals surface area (Å²) in [6, 6.07) is 5.92. The fraction of sp³-hybridized carbons (Fsp3) is 0.500. The van der Waals surface area contributed by atoms with Crippen molar-refractivity contribution in [2.45, 2.75) is 20.3 Å². The van der Waals surface area contributed by atoms with Crippen molar-refractivity contribution in [3.8, 4) is 0 Å². The van der Waals surface area contributed by atoms with Gasteiger partial charge in [0.25, 0.3) is 0 Å². The predicted molar refractivity (Wildman–Crippen MR) is 68.6 cm³/mol. The lowest BCUT2D eigenvalue weighted by Crippen LogP contribution is -2.27. The lowest BCUT2D eigenvalue weighted by molar-refractivity contribution is 0.101. The number of nitrogens with zero attached hydrogens (tertiary/aromatic N) is 1. The normalized spacial score (nSPS) is 15.8. The Morgan fingerprint density at radius 1 is 1.53 bits per heavy atom. The molecule has 1 aliphatic heterocycles. The number of fused-ring (bicyclic) bond motifs is 1. The number of anilines is 1. The minimum absolute atomic E-state index is 0.120. The van der Waals surface area contributed by atoms with E-state index in [4.69, 9.17) is 5.11 Å². The number of rotatable bonds is 4. The Morgan fingerprint density at radius 3 is 2.94 bits per heavy atom. The molecule has 1 aliphatic rings. The Kier molecular flexibility index (Phi) is 3.48. The third-order valence-corrected chi connectivity index (χ3v) is 3.32. The lowest BCUT2D eigenvalue weighted by atomic mass is 10.1. The predicted octanol–water partition coefficient (Wildman–Crippen LogP) is 1.88. The van der Waals surface area contributed by atoms with Crippen molar-refractivity contribution in [3.05, 3.63) is 29.3 Å². The number of benzene rings is 1. The van der Waals surface area contributed by atoms with E-state index >= 15 is 0 Å². The average Bonchev–Trinajstić information content (AvgIpc) is 2.71. The van der Waals surface area contributed by atoms with Crippen LogP contribution in [0.2, 0.25) is 0 Å². The zero-order chi connectivity index (χ0) is 12.4. The molecule has 1 N–H and O–H groups in total. The van der Waals surface area contributed by atoms with Crippen LogP contribution in [-0.4, -0.2) is 30.6 Å². The molecule has 1 aromatic carbocycles. The second kappa shape index (κ2) is 4.88. The number of aliphatic hydroxyl groups excluding tert-OH is 1. The fourth-order valence-corrected chi connectivity index (χ4v) is 2.31. The summed E-state index contributed by atoms with van der Waals surface area (Å²) in [5, 5.41) is 9.09. The highest BCUT2D eigenvalue weighted by molar-refractivity contribution is 5.94. The lowest BCUT2D eigenvalue weighted by Gasteiger charge is -2.22. The van der Waals surface area contributed by atoms with Crippen LogP contribution < -0.4 is 4.90 Å². The number of hydrogen-bond donors (Lipinski definition) is 1. The molecule has 0 aromatic heterocycles. The molecule has 0 saturated carbocycles. The Labute approximate surface area is 102 Å². The highest BCUT2D eigenvalue weighted by Crippen LogP contribution is 2.29. The molecule has 3 nitrogen and oxygen atoms in total. The topological polar surface area (TPSA) is 40.5 Å². The molecule has 92 valence electrons. The van der Waals surface area contributed by atoms with E-state index < -0.39 is 0 Å². The zero-order valence-corrected chi connectivity index (χ0v) is 10.4. The molecule has 0 saturated heterocycles. The van der Waals surface area contributed by atoms with E-state index in [0.29, 0.717) is 0 Å². The highest BCUT2D eigenvalue weighted by atomic mass is 16.3. The van der Waals surface area contributed by atoms with Crippen molar-refractivity contribution in [3.63, 3.8) is 0 Å². The molecular weight excluding hydrogens is 214 g/mol. The molecule has 2 rings (SSSR count). The maximum atomic E-state index is 11.3. The van der Waals surface area contributed by atoms with Gasteiger partial charge in [-0.25, -0.2) is 0 Å². The van der Waals surface area contributed by atoms with E-state index in [2.05, 4.69) is 4.90 Å². The maximum absolute atomic E-state index is 11.3. The minimum atomic E-state index is 0.120. The summed E-state index contributed by atoms with van der Waals surface area (Å²) in [5.41, 5.74) is 3.26. The van der Waals surface area contributed by atoms with Crippen molar-refractivity contribution >= 4 is 11.5 Å². The van der Waals surface area contributed by atoms with Gasteiger partial charge in [0.15, 0.2) is 5.78 Å². The fourth-order valence-electron chi connectivity index (χ4n) is 2.31. The zero-order valence-electron chi connectivity index (χ0n) is 10.4. The van der Waals surface area contributed by atoms with E-state index in [0.717, 1.165) is 25.1 Å². The molecule has 0 amide bonds. The van der Waals surface area contributed by atoms with Gasteiger partial charge in [0, 0.05) is 30.9 Å². The van der Waals surface area contributed by atoms with Crippen LogP contribution >= 0.6 is 0 Å². The van der Waals surface area contributed by atoms with Crippen molar-refractivity contribution in [1.82, 2.24) is 0 Å². The second-order valence-electron chi connectivity index (χ2n) is 4.88. The van der Waals surface area contributed by atoms with Crippen molar-refractivity contribution in [2.75, 3.05) is 24.6 Å². The van der Waals surface area contributed by atoms with Crippen LogP contribution in [0.5, 0.6) is 0 Å². The first-order chi connectivity index (χ1) is 8.11. The van der Waals surface area contributed by atoms with Crippen LogP contribution in [0.15, 0.2) is 18.2 Å². The Hall–Kier alpha value is -1.35. The number of carbonyl (C=O) groups excluding carboxylic acids is 1. The van der Waals surface area contributed by atoms with Gasteiger partial charge in [-0.2, -0.15) is 0 Å². The van der Waals surface area contributed by atoms with E-state index in [1.54, 1.807) is 6.92 Å². The quantitative estimate of drug-likeness (QED) is 0.807. The summed E-state index contributed by atoms with van der Waals surface area (Å²) in [6.45, 7) is 5.73. The molecular formula is C14H19NO2. The summed E-state index contributed by atoms with van der Waals surface area (Å²) in [7, 11) is 0. The van der Waals surface area contributed by atoms with Gasteiger partial charge < -0.3 is 10.0 Å². The molecule has 1 unspecified atom stereocenters. The van der Waals surface area contributed by atoms with Gasteiger partial charge in [-0.05, 0) is 43.0 Å². The SMILES string of the molecule is CC(=O)c1ccc2c(c1)CCN2CC(C)CO. The average molecular weight is 233 g/mol. The van der Waals surface area contributed by atoms with Gasteiger partial charge in [0.05, 0.1) is 0 Å². The number of ketones is 1. The molecule has 0 bridgehead atoms. The number of hydrogen-bond acceptors (Lipinski definition) is 3. The van der Waals surface area contributed by atoms with Crippen LogP contribution in [0.1, 0.15) is 29.8 Å². The van der Waals surface area contributed by atoms with Gasteiger partial charge in [0.2, 0.25) is 0 Å². The first kappa shape index (κ1) is 12.1. The summed E-state index contributed by atoms with van der Waals surface area (Å²) in [4.78, 5) is 13.6. The van der Waals surface area contributed by atoms with E-state index in [1.807, 2.05) is 25.1 Å². The van der Waals surface area contributed by atoms with Crippen molar-refractivity contribution < 1.29 is 9.90 Å². The van der Waals surface area contributed by atoms with Crippen molar-refractivity contribution in [1.29, 1.82) is 0 Å². The highest BCUT2D eigenvalue weighted by Gasteiger charge is 2.21. The van der Waals surface area contributed by atoms with Gasteiger partial charge in [-0.3, -0.25) is 4.79 Å². The van der Waals surface area contributed by atoms with Crippen LogP contribution in [0.4, 0.5) is 5.69 Å². The van der Waals surface area contributed by atoms with Gasteiger partial charge in [-0.1, -0.05) is 6.92 Å². The third kappa shape index (κ3) is 2.50. The van der Waals surface area contributed by atoms with Crippen LogP contribution in [0, 0.1) is 5.92 Å². The largest absolute Gasteiger partial charge is 0.396 e. The molecule has 1 atom stereocenters. The Bertz CT molecular complexity index is 428. The van der Waals surface area contributed by atoms with E-state index in [1.165, 1.54) is 11.3 Å². The molecule has 0 radical (unpaired) electrons. The number of carbonyl (C=O) groups is 1. The Balaban J connectivity index is 2.19.